The van der Waals surface area contributed by atoms with Crippen molar-refractivity contribution in [2.45, 2.75) is 13.0 Å². The van der Waals surface area contributed by atoms with E-state index in [0.29, 0.717) is 0 Å². The monoisotopic (exact) mass is 276 g/mol. The van der Waals surface area contributed by atoms with Crippen molar-refractivity contribution in [2.24, 2.45) is 0 Å². The van der Waals surface area contributed by atoms with E-state index in [9.17, 15) is 0 Å². The Hall–Kier alpha value is -1.52. The van der Waals surface area contributed by atoms with E-state index >= 15 is 0 Å². The van der Waals surface area contributed by atoms with Crippen molar-refractivity contribution in [1.29, 1.82) is 0 Å². The summed E-state index contributed by atoms with van der Waals surface area (Å²) in [6.45, 7) is 9.74. The number of nitrogens with zero attached hydrogens (tertiary/aromatic N) is 1. The summed E-state index contributed by atoms with van der Waals surface area (Å²) in [6, 6.07) is 8.78. The van der Waals surface area contributed by atoms with Crippen molar-refractivity contribution in [3.05, 3.63) is 42.7 Å². The van der Waals surface area contributed by atoms with E-state index < -0.39 is 0 Å². The van der Waals surface area contributed by atoms with Crippen LogP contribution >= 0.6 is 0 Å². The van der Waals surface area contributed by atoms with E-state index in [2.05, 4.69) is 41.1 Å². The van der Waals surface area contributed by atoms with Crippen molar-refractivity contribution in [1.82, 2.24) is 5.32 Å². The van der Waals surface area contributed by atoms with Crippen molar-refractivity contribution in [3.63, 3.8) is 0 Å². The van der Waals surface area contributed by atoms with Crippen LogP contribution in [-0.4, -0.2) is 39.5 Å². The molecule has 0 amide bonds. The number of ether oxygens (including phenoxy) is 2. The van der Waals surface area contributed by atoms with Gasteiger partial charge in [-0.2, -0.15) is 0 Å². The number of nitrogens with one attached hydrogen (secondary N) is 1. The Morgan fingerprint density at radius 2 is 2.00 bits per heavy atom. The van der Waals surface area contributed by atoms with E-state index in [1.165, 1.54) is 17.5 Å². The molecule has 1 N–H and O–H groups in total. The van der Waals surface area contributed by atoms with Gasteiger partial charge in [0.15, 0.2) is 0 Å². The van der Waals surface area contributed by atoms with Crippen molar-refractivity contribution >= 4 is 5.69 Å². The lowest BCUT2D eigenvalue weighted by atomic mass is 10.2. The number of anilines is 1. The van der Waals surface area contributed by atoms with Gasteiger partial charge in [0.05, 0.1) is 26.1 Å². The molecule has 0 radical (unpaired) electrons. The summed E-state index contributed by atoms with van der Waals surface area (Å²) < 4.78 is 10.4. The quantitative estimate of drug-likeness (QED) is 0.583. The molecule has 20 heavy (non-hydrogen) atoms. The average molecular weight is 276 g/mol. The smallest absolute Gasteiger partial charge is 0.0885 e. The second-order valence-electron chi connectivity index (χ2n) is 4.83. The van der Waals surface area contributed by atoms with Crippen LogP contribution in [0.25, 0.3) is 0 Å². The molecule has 0 atom stereocenters. The van der Waals surface area contributed by atoms with Crippen LogP contribution in [0.4, 0.5) is 5.69 Å². The van der Waals surface area contributed by atoms with Crippen LogP contribution in [0.2, 0.25) is 0 Å². The number of hydrogen-bond acceptors (Lipinski definition) is 4. The molecule has 4 heteroatoms. The van der Waals surface area contributed by atoms with Crippen LogP contribution in [0.1, 0.15) is 12.0 Å². The SMILES string of the molecule is C=COCCCNCc1ccc(N2CCOCC2)cc1. The van der Waals surface area contributed by atoms with Gasteiger partial charge in [0, 0.05) is 25.3 Å². The van der Waals surface area contributed by atoms with Crippen LogP contribution in [0, 0.1) is 0 Å². The zero-order valence-electron chi connectivity index (χ0n) is 12.0. The molecule has 0 aromatic heterocycles. The molecule has 1 aliphatic rings. The predicted octanol–water partition coefficient (Wildman–Crippen LogP) is 2.16. The van der Waals surface area contributed by atoms with Crippen molar-refractivity contribution in [3.8, 4) is 0 Å². The average Bonchev–Trinajstić information content (AvgIpc) is 2.52. The summed E-state index contributed by atoms with van der Waals surface area (Å²) in [5.41, 5.74) is 2.60. The van der Waals surface area contributed by atoms with Gasteiger partial charge >= 0.3 is 0 Å². The summed E-state index contributed by atoms with van der Waals surface area (Å²) in [5.74, 6) is 0. The lowest BCUT2D eigenvalue weighted by Crippen LogP contribution is -2.36. The Morgan fingerprint density at radius 3 is 2.70 bits per heavy atom. The Bertz CT molecular complexity index is 386. The van der Waals surface area contributed by atoms with Gasteiger partial charge in [-0.15, -0.1) is 0 Å². The van der Waals surface area contributed by atoms with Crippen LogP contribution in [0.5, 0.6) is 0 Å². The summed E-state index contributed by atoms with van der Waals surface area (Å²) >= 11 is 0. The molecule has 110 valence electrons. The Balaban J connectivity index is 1.69. The molecular weight excluding hydrogens is 252 g/mol. The number of benzene rings is 1. The van der Waals surface area contributed by atoms with Gasteiger partial charge in [-0.1, -0.05) is 18.7 Å². The van der Waals surface area contributed by atoms with Gasteiger partial charge < -0.3 is 19.7 Å². The highest BCUT2D eigenvalue weighted by molar-refractivity contribution is 5.47. The summed E-state index contributed by atoms with van der Waals surface area (Å²) in [4.78, 5) is 2.37. The van der Waals surface area contributed by atoms with Crippen LogP contribution in [-0.2, 0) is 16.0 Å². The maximum Gasteiger partial charge on any atom is 0.0885 e. The van der Waals surface area contributed by atoms with E-state index in [4.69, 9.17) is 9.47 Å². The molecular formula is C16H24N2O2. The molecule has 1 heterocycles. The molecule has 0 saturated carbocycles. The minimum Gasteiger partial charge on any atom is -0.502 e. The summed E-state index contributed by atoms with van der Waals surface area (Å²) in [6.07, 6.45) is 2.49. The van der Waals surface area contributed by atoms with Gasteiger partial charge in [0.2, 0.25) is 0 Å². The third kappa shape index (κ3) is 4.87. The maximum atomic E-state index is 5.37. The normalized spacial score (nSPS) is 15.1. The molecule has 0 unspecified atom stereocenters. The first-order chi connectivity index (χ1) is 9.90. The van der Waals surface area contributed by atoms with Crippen LogP contribution in [0.3, 0.4) is 0 Å². The van der Waals surface area contributed by atoms with Crippen molar-refractivity contribution < 1.29 is 9.47 Å². The third-order valence-electron chi connectivity index (χ3n) is 3.38. The molecule has 1 aromatic carbocycles. The van der Waals surface area contributed by atoms with E-state index in [1.807, 2.05) is 0 Å². The number of rotatable bonds is 8. The minimum absolute atomic E-state index is 0.729. The van der Waals surface area contributed by atoms with Gasteiger partial charge in [0.1, 0.15) is 0 Å². The molecule has 0 aliphatic carbocycles. The highest BCUT2D eigenvalue weighted by Crippen LogP contribution is 2.16. The zero-order valence-corrected chi connectivity index (χ0v) is 12.0. The van der Waals surface area contributed by atoms with E-state index in [-0.39, 0.29) is 0 Å². The molecule has 1 saturated heterocycles. The highest BCUT2D eigenvalue weighted by Gasteiger charge is 2.10. The van der Waals surface area contributed by atoms with E-state index in [1.54, 1.807) is 0 Å². The second kappa shape index (κ2) is 8.61. The van der Waals surface area contributed by atoms with Gasteiger partial charge in [0.25, 0.3) is 0 Å². The largest absolute Gasteiger partial charge is 0.502 e. The molecule has 1 aliphatic heterocycles. The Morgan fingerprint density at radius 1 is 1.25 bits per heavy atom. The molecule has 2 rings (SSSR count). The van der Waals surface area contributed by atoms with Gasteiger partial charge in [-0.25, -0.2) is 0 Å². The fourth-order valence-electron chi connectivity index (χ4n) is 2.24. The van der Waals surface area contributed by atoms with Crippen LogP contribution in [0.15, 0.2) is 37.1 Å². The Kier molecular flexibility index (Phi) is 6.41. The molecule has 0 bridgehead atoms. The van der Waals surface area contributed by atoms with Crippen LogP contribution < -0.4 is 10.2 Å². The summed E-state index contributed by atoms with van der Waals surface area (Å²) in [5, 5.41) is 3.41. The highest BCUT2D eigenvalue weighted by atomic mass is 16.5. The molecule has 1 aromatic rings. The number of morpholine rings is 1. The fraction of sp³-hybridized carbons (Fsp3) is 0.500. The molecule has 0 spiro atoms. The molecule has 1 fully saturated rings. The summed E-state index contributed by atoms with van der Waals surface area (Å²) in [7, 11) is 0. The lowest BCUT2D eigenvalue weighted by Gasteiger charge is -2.28. The molecule has 4 nitrogen and oxygen atoms in total. The third-order valence-corrected chi connectivity index (χ3v) is 3.38. The first-order valence-corrected chi connectivity index (χ1v) is 7.25. The number of hydrogen-bond donors (Lipinski definition) is 1. The van der Waals surface area contributed by atoms with E-state index in [0.717, 1.165) is 52.4 Å². The van der Waals surface area contributed by atoms with Crippen molar-refractivity contribution in [2.75, 3.05) is 44.4 Å². The van der Waals surface area contributed by atoms with Gasteiger partial charge in [-0.05, 0) is 30.7 Å². The lowest BCUT2D eigenvalue weighted by molar-refractivity contribution is 0.122. The first kappa shape index (κ1) is 14.9. The Labute approximate surface area is 121 Å². The topological polar surface area (TPSA) is 33.7 Å². The zero-order chi connectivity index (χ0) is 14.0. The second-order valence-corrected chi connectivity index (χ2v) is 4.83. The van der Waals surface area contributed by atoms with Gasteiger partial charge in [-0.3, -0.25) is 0 Å². The first-order valence-electron chi connectivity index (χ1n) is 7.25. The fourth-order valence-corrected chi connectivity index (χ4v) is 2.24. The standard InChI is InChI=1S/C16H24N2O2/c1-2-19-11-3-8-17-14-15-4-6-16(7-5-15)18-9-12-20-13-10-18/h2,4-7,17H,1,3,8-14H2. The maximum absolute atomic E-state index is 5.37. The minimum atomic E-state index is 0.729. The predicted molar refractivity (Wildman–Crippen MR) is 81.9 cm³/mol.